The number of aliphatic hydroxyl groups is 1. The number of aliphatic hydroxyl groups excluding tert-OH is 1. The van der Waals surface area contributed by atoms with E-state index < -0.39 is 0 Å². The van der Waals surface area contributed by atoms with E-state index in [1.54, 1.807) is 0 Å². The Hall–Kier alpha value is -1.02. The maximum absolute atomic E-state index is 9.51. The van der Waals surface area contributed by atoms with Crippen LogP contribution in [0.1, 0.15) is 31.2 Å². The molecule has 1 aliphatic carbocycles. The molecular weight excluding hydrogens is 210 g/mol. The lowest BCUT2D eigenvalue weighted by atomic mass is 9.87. The molecule has 0 spiro atoms. The molecule has 94 valence electrons. The third kappa shape index (κ3) is 3.22. The number of para-hydroxylation sites is 1. The van der Waals surface area contributed by atoms with Crippen LogP contribution in [0.2, 0.25) is 0 Å². The van der Waals surface area contributed by atoms with Crippen LogP contribution in [0.3, 0.4) is 0 Å². The van der Waals surface area contributed by atoms with Crippen LogP contribution in [0.5, 0.6) is 0 Å². The highest BCUT2D eigenvalue weighted by Crippen LogP contribution is 2.27. The fourth-order valence-corrected chi connectivity index (χ4v) is 2.80. The standard InChI is InChI=1S/C15H23NO/c1-12-5-3-4-6-15(12)16(2)11-13-7-9-14(17)10-8-13/h3-6,13-14,17H,7-11H2,1-2H3. The Labute approximate surface area is 104 Å². The molecule has 0 radical (unpaired) electrons. The van der Waals surface area contributed by atoms with E-state index in [9.17, 15) is 5.11 Å². The van der Waals surface area contributed by atoms with Gasteiger partial charge >= 0.3 is 0 Å². The Bertz CT molecular complexity index is 356. The third-order valence-corrected chi connectivity index (χ3v) is 3.88. The highest BCUT2D eigenvalue weighted by Gasteiger charge is 2.20. The lowest BCUT2D eigenvalue weighted by molar-refractivity contribution is 0.110. The minimum atomic E-state index is -0.0463. The highest BCUT2D eigenvalue weighted by atomic mass is 16.3. The molecule has 0 amide bonds. The van der Waals surface area contributed by atoms with Crippen molar-refractivity contribution >= 4 is 5.69 Å². The van der Waals surface area contributed by atoms with E-state index in [-0.39, 0.29) is 6.10 Å². The van der Waals surface area contributed by atoms with Crippen LogP contribution in [0.4, 0.5) is 5.69 Å². The van der Waals surface area contributed by atoms with Crippen LogP contribution in [-0.4, -0.2) is 24.8 Å². The molecule has 2 heteroatoms. The second-order valence-corrected chi connectivity index (χ2v) is 5.34. The molecule has 0 unspecified atom stereocenters. The van der Waals surface area contributed by atoms with Crippen molar-refractivity contribution in [2.24, 2.45) is 5.92 Å². The first kappa shape index (κ1) is 12.4. The molecular formula is C15H23NO. The number of benzene rings is 1. The Morgan fingerprint density at radius 2 is 1.82 bits per heavy atom. The van der Waals surface area contributed by atoms with Crippen molar-refractivity contribution in [3.63, 3.8) is 0 Å². The topological polar surface area (TPSA) is 23.5 Å². The summed E-state index contributed by atoms with van der Waals surface area (Å²) in [6.45, 7) is 3.27. The zero-order valence-corrected chi connectivity index (χ0v) is 10.9. The van der Waals surface area contributed by atoms with Gasteiger partial charge in [-0.15, -0.1) is 0 Å². The second-order valence-electron chi connectivity index (χ2n) is 5.34. The van der Waals surface area contributed by atoms with Gasteiger partial charge in [-0.3, -0.25) is 0 Å². The number of aryl methyl sites for hydroxylation is 1. The average Bonchev–Trinajstić information content (AvgIpc) is 2.32. The molecule has 0 atom stereocenters. The SMILES string of the molecule is Cc1ccccc1N(C)CC1CCC(O)CC1. The third-order valence-electron chi connectivity index (χ3n) is 3.88. The minimum Gasteiger partial charge on any atom is -0.393 e. The van der Waals surface area contributed by atoms with Crippen LogP contribution in [0.25, 0.3) is 0 Å². The van der Waals surface area contributed by atoms with Crippen molar-refractivity contribution in [2.45, 2.75) is 38.7 Å². The molecule has 0 aliphatic heterocycles. The summed E-state index contributed by atoms with van der Waals surface area (Å²) in [6, 6.07) is 8.54. The van der Waals surface area contributed by atoms with Crippen molar-refractivity contribution in [1.82, 2.24) is 0 Å². The van der Waals surface area contributed by atoms with Crippen LogP contribution >= 0.6 is 0 Å². The summed E-state index contributed by atoms with van der Waals surface area (Å²) in [5.74, 6) is 0.739. The number of hydrogen-bond acceptors (Lipinski definition) is 2. The van der Waals surface area contributed by atoms with E-state index in [0.29, 0.717) is 0 Å². The first-order valence-corrected chi connectivity index (χ1v) is 6.61. The average molecular weight is 233 g/mol. The molecule has 1 aromatic rings. The lowest BCUT2D eigenvalue weighted by Crippen LogP contribution is -2.29. The molecule has 2 nitrogen and oxygen atoms in total. The van der Waals surface area contributed by atoms with E-state index in [1.807, 2.05) is 0 Å². The normalized spacial score (nSPS) is 24.6. The number of hydrogen-bond donors (Lipinski definition) is 1. The van der Waals surface area contributed by atoms with Crippen LogP contribution in [0.15, 0.2) is 24.3 Å². The van der Waals surface area contributed by atoms with Crippen molar-refractivity contribution in [3.05, 3.63) is 29.8 Å². The van der Waals surface area contributed by atoms with Crippen LogP contribution < -0.4 is 4.90 Å². The molecule has 0 bridgehead atoms. The van der Waals surface area contributed by atoms with Gasteiger partial charge in [-0.25, -0.2) is 0 Å². The Kier molecular flexibility index (Phi) is 4.06. The zero-order chi connectivity index (χ0) is 12.3. The monoisotopic (exact) mass is 233 g/mol. The van der Waals surface area contributed by atoms with Gasteiger partial charge in [0.2, 0.25) is 0 Å². The second kappa shape index (κ2) is 5.54. The fourth-order valence-electron chi connectivity index (χ4n) is 2.80. The Morgan fingerprint density at radius 3 is 2.47 bits per heavy atom. The van der Waals surface area contributed by atoms with Gasteiger partial charge in [-0.05, 0) is 50.2 Å². The molecule has 1 fully saturated rings. The molecule has 0 aromatic heterocycles. The zero-order valence-electron chi connectivity index (χ0n) is 10.9. The van der Waals surface area contributed by atoms with Gasteiger partial charge in [0.15, 0.2) is 0 Å². The molecule has 1 N–H and O–H groups in total. The smallest absolute Gasteiger partial charge is 0.0540 e. The largest absolute Gasteiger partial charge is 0.393 e. The molecule has 0 saturated heterocycles. The lowest BCUT2D eigenvalue weighted by Gasteiger charge is -2.31. The van der Waals surface area contributed by atoms with E-state index in [1.165, 1.54) is 11.3 Å². The van der Waals surface area contributed by atoms with Gasteiger partial charge in [0.25, 0.3) is 0 Å². The maximum Gasteiger partial charge on any atom is 0.0540 e. The number of rotatable bonds is 3. The van der Waals surface area contributed by atoms with E-state index in [0.717, 1.165) is 38.1 Å². The van der Waals surface area contributed by atoms with Gasteiger partial charge in [0.05, 0.1) is 6.10 Å². The molecule has 1 aromatic carbocycles. The van der Waals surface area contributed by atoms with Gasteiger partial charge in [-0.1, -0.05) is 18.2 Å². The first-order valence-electron chi connectivity index (χ1n) is 6.61. The highest BCUT2D eigenvalue weighted by molar-refractivity contribution is 5.52. The quantitative estimate of drug-likeness (QED) is 0.867. The van der Waals surface area contributed by atoms with Crippen LogP contribution in [0, 0.1) is 12.8 Å². The van der Waals surface area contributed by atoms with Crippen molar-refractivity contribution in [2.75, 3.05) is 18.5 Å². The molecule has 17 heavy (non-hydrogen) atoms. The predicted molar refractivity (Wildman–Crippen MR) is 72.4 cm³/mol. The van der Waals surface area contributed by atoms with Gasteiger partial charge < -0.3 is 10.0 Å². The van der Waals surface area contributed by atoms with Gasteiger partial charge in [0.1, 0.15) is 0 Å². The van der Waals surface area contributed by atoms with Crippen LogP contribution in [-0.2, 0) is 0 Å². The number of anilines is 1. The summed E-state index contributed by atoms with van der Waals surface area (Å²) in [6.07, 6.45) is 4.24. The predicted octanol–water partition coefficient (Wildman–Crippen LogP) is 2.98. The Morgan fingerprint density at radius 1 is 1.18 bits per heavy atom. The fraction of sp³-hybridized carbons (Fsp3) is 0.600. The molecule has 2 rings (SSSR count). The molecule has 0 heterocycles. The van der Waals surface area contributed by atoms with Crippen molar-refractivity contribution in [3.8, 4) is 0 Å². The molecule has 1 saturated carbocycles. The molecule has 1 aliphatic rings. The van der Waals surface area contributed by atoms with E-state index in [2.05, 4.69) is 43.1 Å². The van der Waals surface area contributed by atoms with Crippen molar-refractivity contribution in [1.29, 1.82) is 0 Å². The summed E-state index contributed by atoms with van der Waals surface area (Å²) >= 11 is 0. The maximum atomic E-state index is 9.51. The van der Waals surface area contributed by atoms with Crippen molar-refractivity contribution < 1.29 is 5.11 Å². The summed E-state index contributed by atoms with van der Waals surface area (Å²) in [5.41, 5.74) is 2.67. The summed E-state index contributed by atoms with van der Waals surface area (Å²) < 4.78 is 0. The minimum absolute atomic E-state index is 0.0463. The van der Waals surface area contributed by atoms with E-state index >= 15 is 0 Å². The first-order chi connectivity index (χ1) is 8.16. The van der Waals surface area contributed by atoms with Gasteiger partial charge in [-0.2, -0.15) is 0 Å². The van der Waals surface area contributed by atoms with E-state index in [4.69, 9.17) is 0 Å². The Balaban J connectivity index is 1.93. The number of nitrogens with zero attached hydrogens (tertiary/aromatic N) is 1. The van der Waals surface area contributed by atoms with Gasteiger partial charge in [0, 0.05) is 19.3 Å². The summed E-state index contributed by atoms with van der Waals surface area (Å²) in [4.78, 5) is 2.36. The summed E-state index contributed by atoms with van der Waals surface area (Å²) in [7, 11) is 2.17. The summed E-state index contributed by atoms with van der Waals surface area (Å²) in [5, 5.41) is 9.51.